The molecule has 29 heavy (non-hydrogen) atoms. The van der Waals surface area contributed by atoms with Crippen LogP contribution in [0.15, 0.2) is 33.5 Å². The molecule has 1 aliphatic rings. The van der Waals surface area contributed by atoms with Gasteiger partial charge < -0.3 is 15.1 Å². The Labute approximate surface area is 180 Å². The van der Waals surface area contributed by atoms with Gasteiger partial charge in [-0.1, -0.05) is 6.42 Å². The number of furan rings is 1. The maximum absolute atomic E-state index is 13.1. The van der Waals surface area contributed by atoms with E-state index in [2.05, 4.69) is 31.7 Å². The van der Waals surface area contributed by atoms with Crippen molar-refractivity contribution in [2.45, 2.75) is 38.6 Å². The molecule has 0 saturated carbocycles. The van der Waals surface area contributed by atoms with Crippen LogP contribution in [0.3, 0.4) is 0 Å². The number of rotatable bonds is 5. The number of carbonyl (C=O) groups is 2. The highest BCUT2D eigenvalue weighted by Gasteiger charge is 2.27. The van der Waals surface area contributed by atoms with Gasteiger partial charge in [-0.2, -0.15) is 5.10 Å². The van der Waals surface area contributed by atoms with Crippen molar-refractivity contribution in [3.05, 3.63) is 56.5 Å². The second-order valence-corrected chi connectivity index (χ2v) is 8.94. The number of hydrogen-bond donors (Lipinski definition) is 2. The van der Waals surface area contributed by atoms with Crippen LogP contribution in [0.4, 0.5) is 5.00 Å². The van der Waals surface area contributed by atoms with Crippen LogP contribution >= 0.6 is 27.3 Å². The maximum Gasteiger partial charge on any atom is 0.277 e. The Kier molecular flexibility index (Phi) is 5.86. The van der Waals surface area contributed by atoms with E-state index in [-0.39, 0.29) is 17.5 Å². The third-order valence-corrected chi connectivity index (χ3v) is 6.67. The van der Waals surface area contributed by atoms with E-state index in [0.29, 0.717) is 27.3 Å². The van der Waals surface area contributed by atoms with Gasteiger partial charge in [0.25, 0.3) is 11.8 Å². The zero-order valence-corrected chi connectivity index (χ0v) is 18.4. The molecule has 0 fully saturated rings. The molecule has 0 aliphatic heterocycles. The average molecular weight is 477 g/mol. The minimum absolute atomic E-state index is 0.198. The lowest BCUT2D eigenvalue weighted by atomic mass is 10.0. The number of amides is 2. The number of aromatic nitrogens is 2. The number of aryl methyl sites for hydroxylation is 2. The number of nitrogens with one attached hydrogen (secondary N) is 2. The average Bonchev–Trinajstić information content (AvgIpc) is 3.36. The third kappa shape index (κ3) is 4.30. The molecule has 3 aromatic heterocycles. The van der Waals surface area contributed by atoms with E-state index in [1.165, 1.54) is 16.2 Å². The van der Waals surface area contributed by atoms with Gasteiger partial charge in [-0.15, -0.1) is 11.3 Å². The highest BCUT2D eigenvalue weighted by atomic mass is 79.9. The van der Waals surface area contributed by atoms with E-state index in [1.54, 1.807) is 30.3 Å². The first-order valence-electron chi connectivity index (χ1n) is 9.48. The lowest BCUT2D eigenvalue weighted by molar-refractivity contribution is 0.0948. The topological polar surface area (TPSA) is 89.2 Å². The Morgan fingerprint density at radius 2 is 2.10 bits per heavy atom. The van der Waals surface area contributed by atoms with Gasteiger partial charge in [0.2, 0.25) is 0 Å². The van der Waals surface area contributed by atoms with E-state index in [0.717, 1.165) is 37.7 Å². The predicted octanol–water partition coefficient (Wildman–Crippen LogP) is 4.29. The molecular weight excluding hydrogens is 456 g/mol. The van der Waals surface area contributed by atoms with Crippen LogP contribution in [-0.4, -0.2) is 21.6 Å². The number of fused-ring (bicyclic) bond motifs is 1. The molecule has 0 spiro atoms. The van der Waals surface area contributed by atoms with Crippen molar-refractivity contribution in [1.29, 1.82) is 0 Å². The van der Waals surface area contributed by atoms with Crippen molar-refractivity contribution >= 4 is 44.1 Å². The van der Waals surface area contributed by atoms with Gasteiger partial charge in [0.05, 0.1) is 22.8 Å². The van der Waals surface area contributed by atoms with Crippen LogP contribution < -0.4 is 10.6 Å². The second kappa shape index (κ2) is 8.54. The molecule has 3 aromatic rings. The molecule has 0 bridgehead atoms. The number of nitrogens with zero attached hydrogens (tertiary/aromatic N) is 2. The predicted molar refractivity (Wildman–Crippen MR) is 114 cm³/mol. The van der Waals surface area contributed by atoms with E-state index < -0.39 is 0 Å². The molecule has 0 unspecified atom stereocenters. The van der Waals surface area contributed by atoms with Crippen LogP contribution in [0, 0.1) is 0 Å². The number of carbonyl (C=O) groups excluding carboxylic acids is 2. The Morgan fingerprint density at radius 3 is 2.83 bits per heavy atom. The van der Waals surface area contributed by atoms with Crippen molar-refractivity contribution in [1.82, 2.24) is 15.1 Å². The zero-order chi connectivity index (χ0) is 20.4. The van der Waals surface area contributed by atoms with Crippen LogP contribution in [0.5, 0.6) is 0 Å². The molecule has 9 heteroatoms. The Bertz CT molecular complexity index is 1040. The van der Waals surface area contributed by atoms with E-state index >= 15 is 0 Å². The summed E-state index contributed by atoms with van der Waals surface area (Å²) in [7, 11) is 1.75. The molecule has 0 saturated heterocycles. The summed E-state index contributed by atoms with van der Waals surface area (Å²) in [5, 5.41) is 10.6. The minimum Gasteiger partial charge on any atom is -0.467 e. The van der Waals surface area contributed by atoms with Crippen molar-refractivity contribution in [3.8, 4) is 0 Å². The van der Waals surface area contributed by atoms with Crippen molar-refractivity contribution in [2.75, 3.05) is 5.32 Å². The van der Waals surface area contributed by atoms with Gasteiger partial charge >= 0.3 is 0 Å². The summed E-state index contributed by atoms with van der Waals surface area (Å²) < 4.78 is 7.48. The first kappa shape index (κ1) is 19.9. The van der Waals surface area contributed by atoms with Gasteiger partial charge in [-0.3, -0.25) is 14.3 Å². The van der Waals surface area contributed by atoms with E-state index in [1.807, 2.05) is 6.07 Å². The van der Waals surface area contributed by atoms with Gasteiger partial charge in [0.15, 0.2) is 5.69 Å². The fourth-order valence-electron chi connectivity index (χ4n) is 3.52. The van der Waals surface area contributed by atoms with Crippen molar-refractivity contribution in [2.24, 2.45) is 7.05 Å². The van der Waals surface area contributed by atoms with Crippen molar-refractivity contribution in [3.63, 3.8) is 0 Å². The third-order valence-electron chi connectivity index (χ3n) is 4.88. The summed E-state index contributed by atoms with van der Waals surface area (Å²) in [6.45, 7) is 0.301. The summed E-state index contributed by atoms with van der Waals surface area (Å²) in [5.74, 6) is 0.146. The maximum atomic E-state index is 13.1. The Morgan fingerprint density at radius 1 is 1.28 bits per heavy atom. The highest BCUT2D eigenvalue weighted by molar-refractivity contribution is 9.10. The fourth-order valence-corrected chi connectivity index (χ4v) is 5.35. The Balaban J connectivity index is 1.62. The number of anilines is 1. The number of hydrogen-bond acceptors (Lipinski definition) is 5. The lowest BCUT2D eigenvalue weighted by Gasteiger charge is -2.09. The zero-order valence-electron chi connectivity index (χ0n) is 16.0. The fraction of sp³-hybridized carbons (Fsp3) is 0.350. The summed E-state index contributed by atoms with van der Waals surface area (Å²) in [6.07, 6.45) is 8.36. The first-order valence-corrected chi connectivity index (χ1v) is 11.1. The summed E-state index contributed by atoms with van der Waals surface area (Å²) >= 11 is 4.86. The molecular formula is C20H21BrN4O3S. The van der Waals surface area contributed by atoms with E-state index in [4.69, 9.17) is 4.42 Å². The first-order chi connectivity index (χ1) is 14.0. The molecule has 152 valence electrons. The summed E-state index contributed by atoms with van der Waals surface area (Å²) in [6, 6.07) is 3.60. The highest BCUT2D eigenvalue weighted by Crippen LogP contribution is 2.38. The van der Waals surface area contributed by atoms with Crippen LogP contribution in [0.1, 0.15) is 56.3 Å². The van der Waals surface area contributed by atoms with Crippen molar-refractivity contribution < 1.29 is 14.0 Å². The quantitative estimate of drug-likeness (QED) is 0.537. The molecule has 0 atom stereocenters. The van der Waals surface area contributed by atoms with Crippen LogP contribution in [-0.2, 0) is 26.4 Å². The second-order valence-electron chi connectivity index (χ2n) is 6.98. The molecule has 3 heterocycles. The number of thiophene rings is 1. The smallest absolute Gasteiger partial charge is 0.277 e. The Hall–Kier alpha value is -2.39. The summed E-state index contributed by atoms with van der Waals surface area (Å²) in [4.78, 5) is 27.0. The monoisotopic (exact) mass is 476 g/mol. The van der Waals surface area contributed by atoms with Crippen LogP contribution in [0.25, 0.3) is 0 Å². The molecule has 0 radical (unpaired) electrons. The largest absolute Gasteiger partial charge is 0.467 e. The van der Waals surface area contributed by atoms with Gasteiger partial charge in [0, 0.05) is 18.1 Å². The standard InChI is InChI=1S/C20H21BrN4O3S/c1-25-11-14(21)17(24-25)19(27)23-20-16(13-7-3-2-4-8-15(13)29-20)18(26)22-10-12-6-5-9-28-12/h5-6,9,11H,2-4,7-8,10H2,1H3,(H,22,26)(H,23,27). The lowest BCUT2D eigenvalue weighted by Crippen LogP contribution is -2.25. The van der Waals surface area contributed by atoms with Gasteiger partial charge in [-0.25, -0.2) is 0 Å². The SMILES string of the molecule is Cn1cc(Br)c(C(=O)Nc2sc3c(c2C(=O)NCc2ccco2)CCCCC3)n1. The molecule has 1 aliphatic carbocycles. The van der Waals surface area contributed by atoms with Crippen LogP contribution in [0.2, 0.25) is 0 Å². The molecule has 0 aromatic carbocycles. The van der Waals surface area contributed by atoms with E-state index in [9.17, 15) is 9.59 Å². The normalized spacial score (nSPS) is 13.6. The van der Waals surface area contributed by atoms with Gasteiger partial charge in [-0.05, 0) is 59.3 Å². The van der Waals surface area contributed by atoms with Gasteiger partial charge in [0.1, 0.15) is 10.8 Å². The molecule has 7 nitrogen and oxygen atoms in total. The molecule has 2 N–H and O–H groups in total. The minimum atomic E-state index is -0.339. The number of halogens is 1. The molecule has 4 rings (SSSR count). The molecule has 2 amide bonds. The summed E-state index contributed by atoms with van der Waals surface area (Å²) in [5.41, 5.74) is 1.91.